The second-order valence-corrected chi connectivity index (χ2v) is 14.0. The summed E-state index contributed by atoms with van der Waals surface area (Å²) in [6.45, 7) is 14.0. The quantitative estimate of drug-likeness (QED) is 0.276. The Morgan fingerprint density at radius 2 is 1.62 bits per heavy atom. The van der Waals surface area contributed by atoms with Crippen LogP contribution in [-0.4, -0.2) is 62.9 Å². The van der Waals surface area contributed by atoms with E-state index in [0.717, 1.165) is 31.5 Å². The molecule has 4 aliphatic rings. The first-order chi connectivity index (χ1) is 18.6. The van der Waals surface area contributed by atoms with Crippen LogP contribution < -0.4 is 0 Å². The van der Waals surface area contributed by atoms with Crippen LogP contribution in [0.3, 0.4) is 0 Å². The van der Waals surface area contributed by atoms with E-state index in [0.29, 0.717) is 59.7 Å². The fourth-order valence-corrected chi connectivity index (χ4v) is 10.1. The fraction of sp³-hybridized carbons (Fsp3) is 0.939. The van der Waals surface area contributed by atoms with Crippen molar-refractivity contribution in [2.24, 2.45) is 46.3 Å². The number of esters is 1. The van der Waals surface area contributed by atoms with Gasteiger partial charge in [-0.25, -0.2) is 0 Å². The average Bonchev–Trinajstić information content (AvgIpc) is 3.28. The minimum Gasteiger partial charge on any atom is -0.469 e. The number of hydrogen-bond acceptors (Lipinski definition) is 5. The standard InChI is InChI=1S/C33H57NO5/c1-8-38-24-14-17-32(4)23(20-24)21-28(39-9-2)31-26-12-11-25(33(26,5)18-15-27(31)32)22(3)10-13-29(35)34(6)19-16-30(36)37-7/h22-28,31H,8-21H2,1-7H3/t22-,23?,24-,25-,26?,27?,28-,31?,32+,33-/m1/s1. The van der Waals surface area contributed by atoms with Gasteiger partial charge in [0.05, 0.1) is 25.7 Å². The first-order valence-electron chi connectivity index (χ1n) is 16.1. The first kappa shape index (κ1) is 30.8. The summed E-state index contributed by atoms with van der Waals surface area (Å²) in [5, 5.41) is 0. The van der Waals surface area contributed by atoms with Crippen LogP contribution in [0, 0.1) is 46.3 Å². The molecule has 0 aromatic carbocycles. The Hall–Kier alpha value is -1.14. The van der Waals surface area contributed by atoms with Gasteiger partial charge in [-0.15, -0.1) is 0 Å². The number of rotatable bonds is 11. The van der Waals surface area contributed by atoms with Gasteiger partial charge in [-0.1, -0.05) is 20.8 Å². The van der Waals surface area contributed by atoms with Crippen molar-refractivity contribution in [3.8, 4) is 0 Å². The molecule has 6 nitrogen and oxygen atoms in total. The lowest BCUT2D eigenvalue weighted by Crippen LogP contribution is -2.59. The first-order valence-corrected chi connectivity index (χ1v) is 16.1. The van der Waals surface area contributed by atoms with E-state index in [1.165, 1.54) is 58.5 Å². The monoisotopic (exact) mass is 547 g/mol. The number of carbonyl (C=O) groups is 2. The van der Waals surface area contributed by atoms with Crippen molar-refractivity contribution in [1.29, 1.82) is 0 Å². The maximum Gasteiger partial charge on any atom is 0.307 e. The molecule has 6 heteroatoms. The van der Waals surface area contributed by atoms with E-state index in [1.807, 2.05) is 0 Å². The Kier molecular flexibility index (Phi) is 10.1. The number of amides is 1. The Balaban J connectivity index is 1.43. The molecule has 0 heterocycles. The lowest BCUT2D eigenvalue weighted by molar-refractivity contribution is -0.190. The highest BCUT2D eigenvalue weighted by Crippen LogP contribution is 2.68. The smallest absolute Gasteiger partial charge is 0.307 e. The Morgan fingerprint density at radius 1 is 0.923 bits per heavy atom. The van der Waals surface area contributed by atoms with E-state index >= 15 is 0 Å². The molecule has 0 bridgehead atoms. The largest absolute Gasteiger partial charge is 0.469 e. The highest BCUT2D eigenvalue weighted by molar-refractivity contribution is 5.77. The van der Waals surface area contributed by atoms with Gasteiger partial charge in [0.1, 0.15) is 0 Å². The summed E-state index contributed by atoms with van der Waals surface area (Å²) in [4.78, 5) is 26.0. The Bertz CT molecular complexity index is 848. The predicted octanol–water partition coefficient (Wildman–Crippen LogP) is 6.50. The van der Waals surface area contributed by atoms with Crippen LogP contribution in [-0.2, 0) is 23.8 Å². The summed E-state index contributed by atoms with van der Waals surface area (Å²) in [7, 11) is 3.20. The van der Waals surface area contributed by atoms with Crippen molar-refractivity contribution in [3.63, 3.8) is 0 Å². The molecule has 224 valence electrons. The van der Waals surface area contributed by atoms with Crippen LogP contribution in [0.1, 0.15) is 105 Å². The van der Waals surface area contributed by atoms with Gasteiger partial charge in [0.2, 0.25) is 5.91 Å². The van der Waals surface area contributed by atoms with Crippen molar-refractivity contribution in [2.45, 2.75) is 117 Å². The maximum absolute atomic E-state index is 12.8. The van der Waals surface area contributed by atoms with Gasteiger partial charge in [-0.2, -0.15) is 0 Å². The van der Waals surface area contributed by atoms with Gasteiger partial charge in [0.25, 0.3) is 0 Å². The van der Waals surface area contributed by atoms with E-state index < -0.39 is 0 Å². The molecule has 1 amide bonds. The summed E-state index contributed by atoms with van der Waals surface area (Å²) in [6, 6.07) is 0. The van der Waals surface area contributed by atoms with Crippen molar-refractivity contribution < 1.29 is 23.8 Å². The van der Waals surface area contributed by atoms with Crippen LogP contribution in [0.25, 0.3) is 0 Å². The van der Waals surface area contributed by atoms with E-state index in [9.17, 15) is 9.59 Å². The van der Waals surface area contributed by atoms with E-state index in [-0.39, 0.29) is 18.3 Å². The fourth-order valence-electron chi connectivity index (χ4n) is 10.1. The topological polar surface area (TPSA) is 65.1 Å². The lowest BCUT2D eigenvalue weighted by atomic mass is 9.43. The molecule has 0 N–H and O–H groups in total. The lowest BCUT2D eigenvalue weighted by Gasteiger charge is -2.63. The van der Waals surface area contributed by atoms with Gasteiger partial charge in [0, 0.05) is 33.2 Å². The zero-order valence-corrected chi connectivity index (χ0v) is 26.0. The molecule has 0 saturated heterocycles. The number of hydrogen-bond donors (Lipinski definition) is 0. The molecule has 10 atom stereocenters. The molecule has 4 rings (SSSR count). The molecule has 39 heavy (non-hydrogen) atoms. The van der Waals surface area contributed by atoms with Gasteiger partial charge in [0.15, 0.2) is 0 Å². The van der Waals surface area contributed by atoms with Crippen molar-refractivity contribution in [2.75, 3.05) is 33.9 Å². The molecule has 0 radical (unpaired) electrons. The zero-order valence-electron chi connectivity index (χ0n) is 26.0. The van der Waals surface area contributed by atoms with Crippen molar-refractivity contribution in [3.05, 3.63) is 0 Å². The number of carbonyl (C=O) groups excluding carboxylic acids is 2. The normalized spacial score (nSPS) is 40.2. The molecule has 4 saturated carbocycles. The Morgan fingerprint density at radius 3 is 2.31 bits per heavy atom. The second-order valence-electron chi connectivity index (χ2n) is 14.0. The summed E-state index contributed by atoms with van der Waals surface area (Å²) in [6.07, 6.45) is 12.7. The summed E-state index contributed by atoms with van der Waals surface area (Å²) in [5.41, 5.74) is 0.750. The summed E-state index contributed by atoms with van der Waals surface area (Å²) >= 11 is 0. The van der Waals surface area contributed by atoms with Crippen LogP contribution in [0.4, 0.5) is 0 Å². The van der Waals surface area contributed by atoms with Crippen LogP contribution in [0.5, 0.6) is 0 Å². The molecule has 0 aromatic heterocycles. The molecule has 0 aliphatic heterocycles. The van der Waals surface area contributed by atoms with Crippen LogP contribution in [0.15, 0.2) is 0 Å². The van der Waals surface area contributed by atoms with Crippen LogP contribution in [0.2, 0.25) is 0 Å². The zero-order chi connectivity index (χ0) is 28.4. The van der Waals surface area contributed by atoms with Gasteiger partial charge in [-0.3, -0.25) is 9.59 Å². The minimum atomic E-state index is -0.265. The third-order valence-corrected chi connectivity index (χ3v) is 12.3. The number of fused-ring (bicyclic) bond motifs is 5. The van der Waals surface area contributed by atoms with E-state index in [1.54, 1.807) is 11.9 Å². The molecule has 4 aliphatic carbocycles. The highest BCUT2D eigenvalue weighted by Gasteiger charge is 2.63. The van der Waals surface area contributed by atoms with Gasteiger partial charge < -0.3 is 19.1 Å². The number of nitrogens with zero attached hydrogens (tertiary/aromatic N) is 1. The summed E-state index contributed by atoms with van der Waals surface area (Å²) in [5.74, 6) is 3.92. The number of ether oxygens (including phenoxy) is 3. The van der Waals surface area contributed by atoms with E-state index in [2.05, 4.69) is 34.6 Å². The van der Waals surface area contributed by atoms with E-state index in [4.69, 9.17) is 14.2 Å². The van der Waals surface area contributed by atoms with Crippen LogP contribution >= 0.6 is 0 Å². The third-order valence-electron chi connectivity index (χ3n) is 12.3. The minimum absolute atomic E-state index is 0.138. The average molecular weight is 548 g/mol. The molecule has 0 aromatic rings. The molecule has 0 spiro atoms. The molecule has 4 fully saturated rings. The molecular weight excluding hydrogens is 490 g/mol. The van der Waals surface area contributed by atoms with Gasteiger partial charge in [-0.05, 0) is 118 Å². The molecular formula is C33H57NO5. The maximum atomic E-state index is 12.8. The van der Waals surface area contributed by atoms with Crippen molar-refractivity contribution >= 4 is 11.9 Å². The van der Waals surface area contributed by atoms with Gasteiger partial charge >= 0.3 is 5.97 Å². The molecule has 4 unspecified atom stereocenters. The predicted molar refractivity (Wildman–Crippen MR) is 154 cm³/mol. The third kappa shape index (κ3) is 6.08. The summed E-state index contributed by atoms with van der Waals surface area (Å²) < 4.78 is 17.5. The highest BCUT2D eigenvalue weighted by atomic mass is 16.5. The van der Waals surface area contributed by atoms with Crippen molar-refractivity contribution in [1.82, 2.24) is 4.90 Å². The second kappa shape index (κ2) is 12.8. The SMILES string of the molecule is CCO[C@@H]1CC[C@@]2(C)C(C1)C[C@@H](OCC)C1C2CC[C@@]2(C)C1CC[C@@H]2[C@H](C)CCC(=O)N(C)CCC(=O)OC. The number of methoxy groups -OCH3 is 1. The Labute approximate surface area is 238 Å².